The van der Waals surface area contributed by atoms with Crippen molar-refractivity contribution in [2.45, 2.75) is 19.9 Å². The summed E-state index contributed by atoms with van der Waals surface area (Å²) < 4.78 is 9.93. The average Bonchev–Trinajstić information content (AvgIpc) is 3.05. The molecular formula is C12H15N3O3S. The summed E-state index contributed by atoms with van der Waals surface area (Å²) in [7, 11) is 0. The van der Waals surface area contributed by atoms with Crippen LogP contribution in [0.3, 0.4) is 0 Å². The molecule has 0 saturated carbocycles. The smallest absolute Gasteiger partial charge is 0.307 e. The van der Waals surface area contributed by atoms with Gasteiger partial charge in [0.15, 0.2) is 0 Å². The molecule has 0 unspecified atom stereocenters. The van der Waals surface area contributed by atoms with Gasteiger partial charge in [-0.25, -0.2) is 0 Å². The molecule has 1 N–H and O–H groups in total. The van der Waals surface area contributed by atoms with E-state index in [1.54, 1.807) is 18.3 Å². The maximum Gasteiger partial charge on any atom is 0.307 e. The highest BCUT2D eigenvalue weighted by Gasteiger charge is 2.08. The first-order valence-electron chi connectivity index (χ1n) is 6.01. The molecule has 0 fully saturated rings. The molecule has 0 radical (unpaired) electrons. The third kappa shape index (κ3) is 4.15. The fourth-order valence-electron chi connectivity index (χ4n) is 1.45. The van der Waals surface area contributed by atoms with Crippen LogP contribution < -0.4 is 5.32 Å². The molecule has 6 nitrogen and oxygen atoms in total. The van der Waals surface area contributed by atoms with Crippen molar-refractivity contribution in [3.8, 4) is 11.4 Å². The first kappa shape index (κ1) is 13.7. The van der Waals surface area contributed by atoms with E-state index in [0.717, 1.165) is 5.56 Å². The summed E-state index contributed by atoms with van der Waals surface area (Å²) in [5.41, 5.74) is 0.950. The minimum absolute atomic E-state index is 0.209. The van der Waals surface area contributed by atoms with Crippen LogP contribution in [0.4, 0.5) is 0 Å². The lowest BCUT2D eigenvalue weighted by Crippen LogP contribution is -2.19. The molecule has 0 aliphatic heterocycles. The molecule has 7 heteroatoms. The van der Waals surface area contributed by atoms with Gasteiger partial charge in [-0.3, -0.25) is 4.79 Å². The number of ether oxygens (including phenoxy) is 1. The molecule has 0 aromatic carbocycles. The van der Waals surface area contributed by atoms with Gasteiger partial charge in [-0.1, -0.05) is 5.16 Å². The molecule has 2 aromatic rings. The van der Waals surface area contributed by atoms with E-state index in [4.69, 9.17) is 9.26 Å². The van der Waals surface area contributed by atoms with Gasteiger partial charge in [0, 0.05) is 17.5 Å². The molecule has 0 atom stereocenters. The zero-order valence-corrected chi connectivity index (χ0v) is 11.4. The number of thiophene rings is 1. The van der Waals surface area contributed by atoms with E-state index >= 15 is 0 Å². The van der Waals surface area contributed by atoms with Gasteiger partial charge in [0.25, 0.3) is 0 Å². The molecule has 0 aliphatic rings. The molecule has 0 amide bonds. The Labute approximate surface area is 114 Å². The van der Waals surface area contributed by atoms with Crippen molar-refractivity contribution >= 4 is 17.3 Å². The molecule has 0 saturated heterocycles. The lowest BCUT2D eigenvalue weighted by molar-refractivity contribution is -0.142. The number of carbonyl (C=O) groups is 1. The SMILES string of the molecule is CCOC(=O)CCNCc1nc(-c2ccsc2)no1. The van der Waals surface area contributed by atoms with Gasteiger partial charge < -0.3 is 14.6 Å². The number of hydrogen-bond acceptors (Lipinski definition) is 7. The summed E-state index contributed by atoms with van der Waals surface area (Å²) in [5, 5.41) is 10.9. The predicted molar refractivity (Wildman–Crippen MR) is 70.6 cm³/mol. The molecular weight excluding hydrogens is 266 g/mol. The molecule has 0 bridgehead atoms. The van der Waals surface area contributed by atoms with Crippen LogP contribution in [0.25, 0.3) is 11.4 Å². The summed E-state index contributed by atoms with van der Waals surface area (Å²) in [6.45, 7) is 3.16. The normalized spacial score (nSPS) is 10.6. The Morgan fingerprint density at radius 2 is 2.47 bits per heavy atom. The Balaban J connectivity index is 1.74. The van der Waals surface area contributed by atoms with Crippen LogP contribution in [0, 0.1) is 0 Å². The second-order valence-corrected chi connectivity index (χ2v) is 4.54. The number of esters is 1. The van der Waals surface area contributed by atoms with Crippen LogP contribution in [0.15, 0.2) is 21.3 Å². The molecule has 0 aliphatic carbocycles. The maximum atomic E-state index is 11.1. The number of carbonyl (C=O) groups excluding carboxylic acids is 1. The van der Waals surface area contributed by atoms with E-state index < -0.39 is 0 Å². The van der Waals surface area contributed by atoms with Crippen LogP contribution in [-0.2, 0) is 16.1 Å². The van der Waals surface area contributed by atoms with Crippen molar-refractivity contribution in [2.24, 2.45) is 0 Å². The van der Waals surface area contributed by atoms with Gasteiger partial charge in [0.2, 0.25) is 11.7 Å². The standard InChI is InChI=1S/C12H15N3O3S/c1-2-17-11(16)3-5-13-7-10-14-12(15-18-10)9-4-6-19-8-9/h4,6,8,13H,2-3,5,7H2,1H3. The van der Waals surface area contributed by atoms with Gasteiger partial charge in [-0.15, -0.1) is 0 Å². The van der Waals surface area contributed by atoms with Crippen LogP contribution in [-0.4, -0.2) is 29.3 Å². The van der Waals surface area contributed by atoms with Crippen LogP contribution in [0.2, 0.25) is 0 Å². The summed E-state index contributed by atoms with van der Waals surface area (Å²) in [6, 6.07) is 1.94. The molecule has 0 spiro atoms. The maximum absolute atomic E-state index is 11.1. The minimum Gasteiger partial charge on any atom is -0.466 e. The van der Waals surface area contributed by atoms with E-state index in [1.165, 1.54) is 0 Å². The Kier molecular flexibility index (Phi) is 5.05. The fourth-order valence-corrected chi connectivity index (χ4v) is 2.09. The number of hydrogen-bond donors (Lipinski definition) is 1. The fraction of sp³-hybridized carbons (Fsp3) is 0.417. The van der Waals surface area contributed by atoms with Crippen molar-refractivity contribution in [3.63, 3.8) is 0 Å². The molecule has 2 rings (SSSR count). The van der Waals surface area contributed by atoms with E-state index in [-0.39, 0.29) is 5.97 Å². The van der Waals surface area contributed by atoms with Gasteiger partial charge in [-0.05, 0) is 18.4 Å². The minimum atomic E-state index is -0.209. The molecule has 2 aromatic heterocycles. The number of nitrogens with zero attached hydrogens (tertiary/aromatic N) is 2. The quantitative estimate of drug-likeness (QED) is 0.616. The second-order valence-electron chi connectivity index (χ2n) is 3.76. The van der Waals surface area contributed by atoms with Crippen molar-refractivity contribution in [1.29, 1.82) is 0 Å². The first-order chi connectivity index (χ1) is 9.29. The van der Waals surface area contributed by atoms with E-state index in [2.05, 4.69) is 15.5 Å². The van der Waals surface area contributed by atoms with Crippen molar-refractivity contribution in [2.75, 3.05) is 13.2 Å². The number of nitrogens with one attached hydrogen (secondary N) is 1. The number of aromatic nitrogens is 2. The monoisotopic (exact) mass is 281 g/mol. The first-order valence-corrected chi connectivity index (χ1v) is 6.95. The second kappa shape index (κ2) is 7.01. The van der Waals surface area contributed by atoms with E-state index in [1.807, 2.05) is 16.8 Å². The Bertz CT molecular complexity index is 510. The average molecular weight is 281 g/mol. The van der Waals surface area contributed by atoms with Crippen molar-refractivity contribution in [1.82, 2.24) is 15.5 Å². The summed E-state index contributed by atoms with van der Waals surface area (Å²) in [6.07, 6.45) is 0.333. The largest absolute Gasteiger partial charge is 0.466 e. The zero-order chi connectivity index (χ0) is 13.5. The molecule has 2 heterocycles. The highest BCUT2D eigenvalue weighted by Crippen LogP contribution is 2.18. The highest BCUT2D eigenvalue weighted by molar-refractivity contribution is 7.08. The van der Waals surface area contributed by atoms with Crippen molar-refractivity contribution < 1.29 is 14.1 Å². The summed E-state index contributed by atoms with van der Waals surface area (Å²) >= 11 is 1.58. The highest BCUT2D eigenvalue weighted by atomic mass is 32.1. The number of rotatable bonds is 7. The summed E-state index contributed by atoms with van der Waals surface area (Å²) in [4.78, 5) is 15.4. The van der Waals surface area contributed by atoms with Gasteiger partial charge >= 0.3 is 5.97 Å². The third-order valence-corrected chi connectivity index (χ3v) is 3.02. The molecule has 19 heavy (non-hydrogen) atoms. The predicted octanol–water partition coefficient (Wildman–Crippen LogP) is 1.84. The van der Waals surface area contributed by atoms with E-state index in [9.17, 15) is 4.79 Å². The van der Waals surface area contributed by atoms with E-state index in [0.29, 0.717) is 37.8 Å². The molecule has 102 valence electrons. The van der Waals surface area contributed by atoms with Gasteiger partial charge in [0.05, 0.1) is 19.6 Å². The summed E-state index contributed by atoms with van der Waals surface area (Å²) in [5.74, 6) is 0.882. The third-order valence-electron chi connectivity index (χ3n) is 2.33. The Hall–Kier alpha value is -1.73. The topological polar surface area (TPSA) is 77.2 Å². The van der Waals surface area contributed by atoms with Crippen LogP contribution in [0.1, 0.15) is 19.2 Å². The Morgan fingerprint density at radius 3 is 3.21 bits per heavy atom. The van der Waals surface area contributed by atoms with Crippen molar-refractivity contribution in [3.05, 3.63) is 22.7 Å². The lowest BCUT2D eigenvalue weighted by Gasteiger charge is -2.01. The Morgan fingerprint density at radius 1 is 1.58 bits per heavy atom. The van der Waals surface area contributed by atoms with Gasteiger partial charge in [0.1, 0.15) is 0 Å². The lowest BCUT2D eigenvalue weighted by atomic mass is 10.3. The van der Waals surface area contributed by atoms with Gasteiger partial charge in [-0.2, -0.15) is 16.3 Å². The van der Waals surface area contributed by atoms with Crippen LogP contribution >= 0.6 is 11.3 Å². The zero-order valence-electron chi connectivity index (χ0n) is 10.6. The van der Waals surface area contributed by atoms with Crippen LogP contribution in [0.5, 0.6) is 0 Å².